The van der Waals surface area contributed by atoms with Crippen molar-refractivity contribution in [1.29, 1.82) is 0 Å². The average molecular weight is 279 g/mol. The molecular weight excluding hydrogens is 258 g/mol. The highest BCUT2D eigenvalue weighted by Gasteiger charge is 2.37. The predicted octanol–water partition coefficient (Wildman–Crippen LogP) is 3.98. The van der Waals surface area contributed by atoms with E-state index in [0.29, 0.717) is 12.0 Å². The summed E-state index contributed by atoms with van der Waals surface area (Å²) in [4.78, 5) is 2.65. The number of benzene rings is 2. The first-order chi connectivity index (χ1) is 10.4. The molecule has 0 aromatic heterocycles. The molecule has 0 radical (unpaired) electrons. The predicted molar refractivity (Wildman–Crippen MR) is 84.8 cm³/mol. The lowest BCUT2D eigenvalue weighted by atomic mass is 9.81. The Morgan fingerprint density at radius 2 is 1.90 bits per heavy atom. The summed E-state index contributed by atoms with van der Waals surface area (Å²) in [7, 11) is 1.79. The van der Waals surface area contributed by atoms with Crippen LogP contribution < -0.4 is 4.74 Å². The number of hydrogen-bond acceptors (Lipinski definition) is 2. The Kier molecular flexibility index (Phi) is 3.19. The van der Waals surface area contributed by atoms with E-state index in [4.69, 9.17) is 4.74 Å². The zero-order valence-electron chi connectivity index (χ0n) is 12.5. The summed E-state index contributed by atoms with van der Waals surface area (Å²) in [5.41, 5.74) is 4.29. The fraction of sp³-hybridized carbons (Fsp3) is 0.368. The van der Waals surface area contributed by atoms with Crippen LogP contribution in [0.5, 0.6) is 5.75 Å². The Balaban J connectivity index is 1.88. The van der Waals surface area contributed by atoms with E-state index in [1.807, 2.05) is 0 Å². The molecule has 2 atom stereocenters. The lowest BCUT2D eigenvalue weighted by molar-refractivity contribution is 0.227. The van der Waals surface area contributed by atoms with Crippen molar-refractivity contribution in [2.24, 2.45) is 0 Å². The van der Waals surface area contributed by atoms with E-state index in [9.17, 15) is 0 Å². The molecule has 2 nitrogen and oxygen atoms in total. The van der Waals surface area contributed by atoms with Crippen LogP contribution in [0.3, 0.4) is 0 Å². The number of ether oxygens (including phenoxy) is 1. The van der Waals surface area contributed by atoms with Gasteiger partial charge in [0.15, 0.2) is 0 Å². The average Bonchev–Trinajstić information content (AvgIpc) is 3.03. The van der Waals surface area contributed by atoms with Crippen LogP contribution in [-0.4, -0.2) is 25.1 Å². The summed E-state index contributed by atoms with van der Waals surface area (Å²) >= 11 is 0. The first-order valence-corrected chi connectivity index (χ1v) is 7.84. The fourth-order valence-electron chi connectivity index (χ4n) is 4.08. The minimum atomic E-state index is 0.423. The van der Waals surface area contributed by atoms with Crippen molar-refractivity contribution in [2.45, 2.75) is 24.8 Å². The molecule has 2 aliphatic heterocycles. The molecule has 21 heavy (non-hydrogen) atoms. The molecule has 2 aromatic carbocycles. The number of rotatable bonds is 2. The molecule has 1 fully saturated rings. The van der Waals surface area contributed by atoms with E-state index < -0.39 is 0 Å². The molecule has 2 heteroatoms. The van der Waals surface area contributed by atoms with Crippen LogP contribution in [0.1, 0.15) is 41.5 Å². The monoisotopic (exact) mass is 279 g/mol. The van der Waals surface area contributed by atoms with E-state index in [2.05, 4.69) is 53.4 Å². The van der Waals surface area contributed by atoms with Gasteiger partial charge < -0.3 is 4.74 Å². The van der Waals surface area contributed by atoms with E-state index in [1.165, 1.54) is 36.1 Å². The van der Waals surface area contributed by atoms with E-state index in [1.54, 1.807) is 7.11 Å². The molecule has 2 aromatic rings. The minimum Gasteiger partial charge on any atom is -0.496 e. The van der Waals surface area contributed by atoms with Gasteiger partial charge in [0.1, 0.15) is 5.75 Å². The van der Waals surface area contributed by atoms with Crippen molar-refractivity contribution in [3.05, 3.63) is 65.2 Å². The maximum atomic E-state index is 5.69. The van der Waals surface area contributed by atoms with Gasteiger partial charge in [-0.2, -0.15) is 0 Å². The quantitative estimate of drug-likeness (QED) is 0.824. The molecular formula is C19H21NO. The summed E-state index contributed by atoms with van der Waals surface area (Å²) in [6.07, 6.45) is 2.59. The van der Waals surface area contributed by atoms with Gasteiger partial charge in [-0.15, -0.1) is 0 Å². The van der Waals surface area contributed by atoms with Gasteiger partial charge in [-0.1, -0.05) is 42.5 Å². The molecule has 2 heterocycles. The van der Waals surface area contributed by atoms with E-state index >= 15 is 0 Å². The Labute approximate surface area is 126 Å². The van der Waals surface area contributed by atoms with Crippen molar-refractivity contribution in [3.8, 4) is 5.75 Å². The largest absolute Gasteiger partial charge is 0.496 e. The SMILES string of the molecule is COc1cccc2c1[C@H](c1ccccc1)CN1CCC[C@H]21. The van der Waals surface area contributed by atoms with Crippen LogP contribution in [0, 0.1) is 0 Å². The molecule has 0 saturated carbocycles. The Hall–Kier alpha value is -1.80. The second-order valence-corrected chi connectivity index (χ2v) is 6.08. The summed E-state index contributed by atoms with van der Waals surface area (Å²) in [6.45, 7) is 2.34. The topological polar surface area (TPSA) is 12.5 Å². The third-order valence-electron chi connectivity index (χ3n) is 5.01. The van der Waals surface area contributed by atoms with Gasteiger partial charge in [-0.25, -0.2) is 0 Å². The minimum absolute atomic E-state index is 0.423. The highest BCUT2D eigenvalue weighted by Crippen LogP contribution is 2.47. The van der Waals surface area contributed by atoms with Crippen LogP contribution in [-0.2, 0) is 0 Å². The Morgan fingerprint density at radius 1 is 1.05 bits per heavy atom. The first-order valence-electron chi connectivity index (χ1n) is 7.84. The third kappa shape index (κ3) is 2.06. The third-order valence-corrected chi connectivity index (χ3v) is 5.01. The first kappa shape index (κ1) is 12.9. The zero-order valence-corrected chi connectivity index (χ0v) is 12.5. The summed E-state index contributed by atoms with van der Waals surface area (Å²) < 4.78 is 5.69. The van der Waals surface area contributed by atoms with Crippen LogP contribution in [0.15, 0.2) is 48.5 Å². The van der Waals surface area contributed by atoms with Gasteiger partial charge in [-0.05, 0) is 36.6 Å². The molecule has 1 saturated heterocycles. The Morgan fingerprint density at radius 3 is 2.71 bits per heavy atom. The van der Waals surface area contributed by atoms with Crippen molar-refractivity contribution < 1.29 is 4.74 Å². The summed E-state index contributed by atoms with van der Waals surface area (Å²) in [6, 6.07) is 18.0. The standard InChI is InChI=1S/C19H21NO/c1-21-18-11-5-9-15-17-10-6-12-20(17)13-16(19(15)18)14-7-3-2-4-8-14/h2-5,7-9,11,16-17H,6,10,12-13H2,1H3/t16-,17+/m0/s1. The van der Waals surface area contributed by atoms with Gasteiger partial charge in [0.05, 0.1) is 7.11 Å². The molecule has 0 aliphatic carbocycles. The van der Waals surface area contributed by atoms with Crippen LogP contribution in [0.4, 0.5) is 0 Å². The van der Waals surface area contributed by atoms with Crippen LogP contribution in [0.25, 0.3) is 0 Å². The summed E-state index contributed by atoms with van der Waals surface area (Å²) in [5.74, 6) is 1.47. The lowest BCUT2D eigenvalue weighted by Crippen LogP contribution is -2.34. The second kappa shape index (κ2) is 5.19. The second-order valence-electron chi connectivity index (χ2n) is 6.08. The van der Waals surface area contributed by atoms with Crippen LogP contribution >= 0.6 is 0 Å². The summed E-state index contributed by atoms with van der Waals surface area (Å²) in [5, 5.41) is 0. The Bertz CT molecular complexity index is 637. The normalized spacial score (nSPS) is 24.4. The van der Waals surface area contributed by atoms with Crippen molar-refractivity contribution >= 4 is 0 Å². The van der Waals surface area contributed by atoms with E-state index in [-0.39, 0.29) is 0 Å². The van der Waals surface area contributed by atoms with Gasteiger partial charge in [0, 0.05) is 24.1 Å². The maximum Gasteiger partial charge on any atom is 0.123 e. The highest BCUT2D eigenvalue weighted by atomic mass is 16.5. The molecule has 2 aliphatic rings. The highest BCUT2D eigenvalue weighted by molar-refractivity contribution is 5.50. The lowest BCUT2D eigenvalue weighted by Gasteiger charge is -2.38. The van der Waals surface area contributed by atoms with Crippen molar-refractivity contribution in [2.75, 3.05) is 20.2 Å². The molecule has 0 bridgehead atoms. The molecule has 4 rings (SSSR count). The molecule has 108 valence electrons. The molecule has 0 amide bonds. The van der Waals surface area contributed by atoms with Gasteiger partial charge >= 0.3 is 0 Å². The van der Waals surface area contributed by atoms with Gasteiger partial charge in [0.2, 0.25) is 0 Å². The number of hydrogen-bond donors (Lipinski definition) is 0. The molecule has 0 N–H and O–H groups in total. The smallest absolute Gasteiger partial charge is 0.123 e. The number of nitrogens with zero attached hydrogens (tertiary/aromatic N) is 1. The van der Waals surface area contributed by atoms with Crippen molar-refractivity contribution in [3.63, 3.8) is 0 Å². The van der Waals surface area contributed by atoms with Gasteiger partial charge in [0.25, 0.3) is 0 Å². The van der Waals surface area contributed by atoms with E-state index in [0.717, 1.165) is 12.3 Å². The fourth-order valence-corrected chi connectivity index (χ4v) is 4.08. The number of fused-ring (bicyclic) bond motifs is 3. The van der Waals surface area contributed by atoms with Crippen LogP contribution in [0.2, 0.25) is 0 Å². The zero-order chi connectivity index (χ0) is 14.2. The maximum absolute atomic E-state index is 5.69. The molecule has 0 spiro atoms. The molecule has 0 unspecified atom stereocenters. The number of methoxy groups -OCH3 is 1. The van der Waals surface area contributed by atoms with Crippen molar-refractivity contribution in [1.82, 2.24) is 4.90 Å². The van der Waals surface area contributed by atoms with Gasteiger partial charge in [-0.3, -0.25) is 4.90 Å².